The fourth-order valence-corrected chi connectivity index (χ4v) is 2.25. The van der Waals surface area contributed by atoms with Gasteiger partial charge in [0.1, 0.15) is 11.4 Å². The van der Waals surface area contributed by atoms with Crippen LogP contribution in [0.4, 0.5) is 4.79 Å². The van der Waals surface area contributed by atoms with E-state index in [1.54, 1.807) is 11.2 Å². The maximum Gasteiger partial charge on any atom is 0.410 e. The van der Waals surface area contributed by atoms with Crippen molar-refractivity contribution in [1.29, 1.82) is 0 Å². The smallest absolute Gasteiger partial charge is 0.410 e. The van der Waals surface area contributed by atoms with Gasteiger partial charge in [0.05, 0.1) is 12.3 Å². The largest absolute Gasteiger partial charge is 0.467 e. The first-order chi connectivity index (χ1) is 8.47. The number of nitrogens with zero attached hydrogens (tertiary/aromatic N) is 1. The molecule has 0 unspecified atom stereocenters. The summed E-state index contributed by atoms with van der Waals surface area (Å²) in [5, 5.41) is 0. The Balaban J connectivity index is 2.11. The van der Waals surface area contributed by atoms with Gasteiger partial charge in [-0.3, -0.25) is 4.90 Å². The fraction of sp³-hybridized carbons (Fsp3) is 0.643. The number of amides is 1. The van der Waals surface area contributed by atoms with Gasteiger partial charge in [-0.25, -0.2) is 4.79 Å². The van der Waals surface area contributed by atoms with Crippen LogP contribution >= 0.6 is 0 Å². The van der Waals surface area contributed by atoms with Gasteiger partial charge in [-0.1, -0.05) is 0 Å². The molecular weight excluding hydrogens is 230 g/mol. The Labute approximate surface area is 108 Å². The number of piperidine rings is 1. The minimum absolute atomic E-state index is 0.0172. The Kier molecular flexibility index (Phi) is 3.64. The quantitative estimate of drug-likeness (QED) is 0.763. The normalized spacial score (nSPS) is 20.8. The van der Waals surface area contributed by atoms with E-state index in [0.717, 1.165) is 31.6 Å². The Hall–Kier alpha value is -1.45. The average molecular weight is 251 g/mol. The van der Waals surface area contributed by atoms with E-state index in [9.17, 15) is 4.79 Å². The van der Waals surface area contributed by atoms with E-state index in [1.807, 2.05) is 32.9 Å². The van der Waals surface area contributed by atoms with Crippen LogP contribution in [0.5, 0.6) is 0 Å². The minimum atomic E-state index is -0.456. The first kappa shape index (κ1) is 13.0. The minimum Gasteiger partial charge on any atom is -0.467 e. The van der Waals surface area contributed by atoms with Gasteiger partial charge in [0.15, 0.2) is 0 Å². The van der Waals surface area contributed by atoms with E-state index in [0.29, 0.717) is 0 Å². The van der Waals surface area contributed by atoms with Crippen LogP contribution in [-0.4, -0.2) is 23.1 Å². The molecule has 1 saturated heterocycles. The maximum atomic E-state index is 12.2. The summed E-state index contributed by atoms with van der Waals surface area (Å²) in [5.41, 5.74) is -0.456. The molecule has 0 spiro atoms. The number of likely N-dealkylation sites (tertiary alicyclic amines) is 1. The second kappa shape index (κ2) is 5.04. The highest BCUT2D eigenvalue weighted by Gasteiger charge is 2.32. The van der Waals surface area contributed by atoms with E-state index < -0.39 is 5.60 Å². The molecule has 0 aromatic carbocycles. The third-order valence-corrected chi connectivity index (χ3v) is 3.00. The summed E-state index contributed by atoms with van der Waals surface area (Å²) in [7, 11) is 0. The standard InChI is InChI=1S/C14H21NO3/c1-14(2,3)18-13(16)15-9-5-4-7-11(15)12-8-6-10-17-12/h6,8,10-11H,4-5,7,9H2,1-3H3/t11-/m0/s1. The third-order valence-electron chi connectivity index (χ3n) is 3.00. The van der Waals surface area contributed by atoms with Crippen LogP contribution < -0.4 is 0 Å². The van der Waals surface area contributed by atoms with Crippen molar-refractivity contribution in [2.24, 2.45) is 0 Å². The molecule has 18 heavy (non-hydrogen) atoms. The fourth-order valence-electron chi connectivity index (χ4n) is 2.25. The van der Waals surface area contributed by atoms with Gasteiger partial charge in [-0.15, -0.1) is 0 Å². The summed E-state index contributed by atoms with van der Waals surface area (Å²) in [6, 6.07) is 3.80. The first-order valence-electron chi connectivity index (χ1n) is 6.50. The lowest BCUT2D eigenvalue weighted by atomic mass is 10.0. The predicted octanol–water partition coefficient (Wildman–Crippen LogP) is 3.74. The second-order valence-corrected chi connectivity index (χ2v) is 5.70. The van der Waals surface area contributed by atoms with Crippen molar-refractivity contribution in [3.05, 3.63) is 24.2 Å². The van der Waals surface area contributed by atoms with E-state index in [-0.39, 0.29) is 12.1 Å². The zero-order chi connectivity index (χ0) is 13.2. The van der Waals surface area contributed by atoms with Crippen molar-refractivity contribution >= 4 is 6.09 Å². The Bertz CT molecular complexity index is 392. The SMILES string of the molecule is CC(C)(C)OC(=O)N1CCCC[C@H]1c1ccco1. The van der Waals surface area contributed by atoms with Crippen molar-refractivity contribution in [3.8, 4) is 0 Å². The highest BCUT2D eigenvalue weighted by atomic mass is 16.6. The molecule has 0 saturated carbocycles. The van der Waals surface area contributed by atoms with Gasteiger partial charge < -0.3 is 9.15 Å². The van der Waals surface area contributed by atoms with Crippen molar-refractivity contribution < 1.29 is 13.9 Å². The molecule has 0 bridgehead atoms. The number of carbonyl (C=O) groups is 1. The van der Waals surface area contributed by atoms with Crippen molar-refractivity contribution in [2.75, 3.05) is 6.54 Å². The lowest BCUT2D eigenvalue weighted by Crippen LogP contribution is -2.41. The molecule has 0 aliphatic carbocycles. The molecule has 1 aliphatic heterocycles. The number of hydrogen-bond donors (Lipinski definition) is 0. The van der Waals surface area contributed by atoms with Crippen molar-refractivity contribution in [1.82, 2.24) is 4.90 Å². The molecule has 1 fully saturated rings. The summed E-state index contributed by atoms with van der Waals surface area (Å²) in [6.07, 6.45) is 4.48. The molecule has 1 amide bonds. The molecule has 2 rings (SSSR count). The van der Waals surface area contributed by atoms with Crippen LogP contribution in [0.25, 0.3) is 0 Å². The van der Waals surface area contributed by atoms with Crippen LogP contribution in [0.1, 0.15) is 51.8 Å². The second-order valence-electron chi connectivity index (χ2n) is 5.70. The van der Waals surface area contributed by atoms with E-state index in [4.69, 9.17) is 9.15 Å². The molecule has 1 aliphatic rings. The lowest BCUT2D eigenvalue weighted by molar-refractivity contribution is 0.00684. The summed E-state index contributed by atoms with van der Waals surface area (Å²) in [6.45, 7) is 6.39. The molecule has 0 radical (unpaired) electrons. The zero-order valence-electron chi connectivity index (χ0n) is 11.3. The van der Waals surface area contributed by atoms with Crippen LogP contribution in [0, 0.1) is 0 Å². The molecule has 4 heteroatoms. The zero-order valence-corrected chi connectivity index (χ0v) is 11.3. The van der Waals surface area contributed by atoms with E-state index >= 15 is 0 Å². The monoisotopic (exact) mass is 251 g/mol. The highest BCUT2D eigenvalue weighted by molar-refractivity contribution is 5.68. The third kappa shape index (κ3) is 3.06. The molecular formula is C14H21NO3. The summed E-state index contributed by atoms with van der Waals surface area (Å²) >= 11 is 0. The van der Waals surface area contributed by atoms with Gasteiger partial charge in [0, 0.05) is 6.54 Å². The van der Waals surface area contributed by atoms with Crippen LogP contribution in [0.3, 0.4) is 0 Å². The topological polar surface area (TPSA) is 42.7 Å². The summed E-state index contributed by atoms with van der Waals surface area (Å²) < 4.78 is 10.9. The number of hydrogen-bond acceptors (Lipinski definition) is 3. The van der Waals surface area contributed by atoms with Gasteiger partial charge in [0.25, 0.3) is 0 Å². The number of ether oxygens (including phenoxy) is 1. The summed E-state index contributed by atoms with van der Waals surface area (Å²) in [5.74, 6) is 0.848. The van der Waals surface area contributed by atoms with Gasteiger partial charge in [-0.2, -0.15) is 0 Å². The molecule has 1 atom stereocenters. The average Bonchev–Trinajstić information content (AvgIpc) is 2.80. The summed E-state index contributed by atoms with van der Waals surface area (Å²) in [4.78, 5) is 14.0. The maximum absolute atomic E-state index is 12.2. The molecule has 100 valence electrons. The van der Waals surface area contributed by atoms with Gasteiger partial charge in [0.2, 0.25) is 0 Å². The Morgan fingerprint density at radius 3 is 2.83 bits per heavy atom. The first-order valence-corrected chi connectivity index (χ1v) is 6.50. The van der Waals surface area contributed by atoms with E-state index in [2.05, 4.69) is 0 Å². The van der Waals surface area contributed by atoms with Crippen molar-refractivity contribution in [2.45, 2.75) is 51.7 Å². The van der Waals surface area contributed by atoms with Crippen LogP contribution in [0.2, 0.25) is 0 Å². The molecule has 1 aromatic rings. The number of furan rings is 1. The highest BCUT2D eigenvalue weighted by Crippen LogP contribution is 2.32. The van der Waals surface area contributed by atoms with Crippen LogP contribution in [-0.2, 0) is 4.74 Å². The molecule has 2 heterocycles. The van der Waals surface area contributed by atoms with Gasteiger partial charge >= 0.3 is 6.09 Å². The van der Waals surface area contributed by atoms with Crippen LogP contribution in [0.15, 0.2) is 22.8 Å². The molecule has 4 nitrogen and oxygen atoms in total. The number of rotatable bonds is 1. The van der Waals surface area contributed by atoms with Gasteiger partial charge in [-0.05, 0) is 52.2 Å². The Morgan fingerprint density at radius 2 is 2.22 bits per heavy atom. The van der Waals surface area contributed by atoms with Crippen molar-refractivity contribution in [3.63, 3.8) is 0 Å². The lowest BCUT2D eigenvalue weighted by Gasteiger charge is -2.35. The number of carbonyl (C=O) groups excluding carboxylic acids is 1. The van der Waals surface area contributed by atoms with E-state index in [1.165, 1.54) is 0 Å². The molecule has 0 N–H and O–H groups in total. The predicted molar refractivity (Wildman–Crippen MR) is 68.2 cm³/mol. The molecule has 1 aromatic heterocycles. The Morgan fingerprint density at radius 1 is 1.44 bits per heavy atom.